The van der Waals surface area contributed by atoms with E-state index in [1.54, 1.807) is 28.3 Å². The van der Waals surface area contributed by atoms with Gasteiger partial charge in [0.05, 0.1) is 34.0 Å². The van der Waals surface area contributed by atoms with Gasteiger partial charge >= 0.3 is 24.1 Å². The van der Waals surface area contributed by atoms with E-state index < -0.39 is 6.16 Å². The molecular weight excluding hydrogens is 813 g/mol. The van der Waals surface area contributed by atoms with Gasteiger partial charge in [0.15, 0.2) is 0 Å². The summed E-state index contributed by atoms with van der Waals surface area (Å²) in [4.78, 5) is 41.8. The molecule has 0 atom stereocenters. The molecule has 1 aromatic carbocycles. The zero-order chi connectivity index (χ0) is 48.2. The lowest BCUT2D eigenvalue weighted by molar-refractivity contribution is -0.141. The van der Waals surface area contributed by atoms with Gasteiger partial charge in [-0.1, -0.05) is 96.6 Å². The van der Waals surface area contributed by atoms with Crippen LogP contribution in [0.5, 0.6) is 0 Å². The predicted octanol–water partition coefficient (Wildman–Crippen LogP) is 10.9. The molecule has 1 heterocycles. The van der Waals surface area contributed by atoms with E-state index >= 15 is 0 Å². The summed E-state index contributed by atoms with van der Waals surface area (Å²) in [7, 11) is 7.83. The first kappa shape index (κ1) is 65.0. The second-order valence-electron chi connectivity index (χ2n) is 13.6. The molecule has 0 bridgehead atoms. The van der Waals surface area contributed by atoms with E-state index in [2.05, 4.69) is 51.4 Å². The molecular formula is C48H84N2O13. The van der Waals surface area contributed by atoms with Gasteiger partial charge in [0.1, 0.15) is 0 Å². The number of aromatic nitrogens is 2. The fourth-order valence-electron chi connectivity index (χ4n) is 4.36. The van der Waals surface area contributed by atoms with Crippen LogP contribution < -0.4 is 0 Å². The number of ether oxygens (including phenoxy) is 8. The van der Waals surface area contributed by atoms with Crippen LogP contribution in [0.3, 0.4) is 0 Å². The molecule has 0 N–H and O–H groups in total. The molecule has 2 aromatic rings. The predicted molar refractivity (Wildman–Crippen MR) is 248 cm³/mol. The van der Waals surface area contributed by atoms with Crippen LogP contribution in [0.15, 0.2) is 54.0 Å². The van der Waals surface area contributed by atoms with Gasteiger partial charge in [-0.25, -0.2) is 14.4 Å². The fourth-order valence-corrected chi connectivity index (χ4v) is 4.36. The van der Waals surface area contributed by atoms with Crippen LogP contribution in [0.25, 0.3) is 11.5 Å². The van der Waals surface area contributed by atoms with Crippen LogP contribution in [0.4, 0.5) is 4.79 Å². The number of carbonyl (C=O) groups is 4. The van der Waals surface area contributed by atoms with Crippen molar-refractivity contribution in [3.63, 3.8) is 0 Å². The van der Waals surface area contributed by atoms with E-state index in [4.69, 9.17) is 28.1 Å². The lowest BCUT2D eigenvalue weighted by Crippen LogP contribution is -2.04. The third kappa shape index (κ3) is 53.5. The highest BCUT2D eigenvalue weighted by atomic mass is 16.7. The number of rotatable bonds is 27. The molecule has 63 heavy (non-hydrogen) atoms. The zero-order valence-electron chi connectivity index (χ0n) is 40.6. The van der Waals surface area contributed by atoms with Crippen molar-refractivity contribution in [3.8, 4) is 11.5 Å². The molecule has 15 heteroatoms. The topological polar surface area (TPSA) is 181 Å². The van der Waals surface area contributed by atoms with Gasteiger partial charge in [-0.05, 0) is 70.4 Å². The smallest absolute Gasteiger partial charge is 0.469 e. The van der Waals surface area contributed by atoms with Crippen molar-refractivity contribution in [1.82, 2.24) is 10.2 Å². The first-order chi connectivity index (χ1) is 30.4. The van der Waals surface area contributed by atoms with Crippen molar-refractivity contribution in [1.29, 1.82) is 0 Å². The fraction of sp³-hybridized carbons (Fsp3) is 0.667. The van der Waals surface area contributed by atoms with Gasteiger partial charge in [0.25, 0.3) is 0 Å². The Balaban J connectivity index is -0.000000335. The Morgan fingerprint density at radius 1 is 0.571 bits per heavy atom. The van der Waals surface area contributed by atoms with Crippen LogP contribution in [0.2, 0.25) is 0 Å². The van der Waals surface area contributed by atoms with Gasteiger partial charge in [0.2, 0.25) is 11.8 Å². The second kappa shape index (κ2) is 53.5. The third-order valence-electron chi connectivity index (χ3n) is 7.90. The van der Waals surface area contributed by atoms with Crippen LogP contribution in [-0.2, 0) is 52.3 Å². The quantitative estimate of drug-likeness (QED) is 0.0357. The van der Waals surface area contributed by atoms with Crippen molar-refractivity contribution >= 4 is 24.1 Å². The molecule has 0 aliphatic heterocycles. The number of methoxy groups -OCH3 is 5. The molecule has 0 saturated heterocycles. The highest BCUT2D eigenvalue weighted by Crippen LogP contribution is 2.18. The molecule has 0 amide bonds. The Kier molecular flexibility index (Phi) is 55.3. The number of benzene rings is 1. The Morgan fingerprint density at radius 2 is 1.03 bits per heavy atom. The number of unbranched alkanes of at least 4 members (excludes halogenated alkanes) is 10. The van der Waals surface area contributed by atoms with Crippen molar-refractivity contribution in [2.75, 3.05) is 75.2 Å². The lowest BCUT2D eigenvalue weighted by Gasteiger charge is -2.01. The van der Waals surface area contributed by atoms with E-state index in [0.29, 0.717) is 44.6 Å². The molecule has 15 nitrogen and oxygen atoms in total. The number of esters is 3. The molecule has 0 spiro atoms. The van der Waals surface area contributed by atoms with Crippen LogP contribution in [-0.4, -0.2) is 109 Å². The molecule has 0 fully saturated rings. The minimum Gasteiger partial charge on any atom is -0.469 e. The highest BCUT2D eigenvalue weighted by molar-refractivity contribution is 5.81. The largest absolute Gasteiger partial charge is 0.507 e. The minimum absolute atomic E-state index is 0.0940. The molecule has 2 rings (SSSR count). The number of nitrogens with zero attached hydrogens (tertiary/aromatic N) is 2. The van der Waals surface area contributed by atoms with Gasteiger partial charge in [-0.15, -0.1) is 10.2 Å². The molecule has 0 saturated carbocycles. The summed E-state index contributed by atoms with van der Waals surface area (Å²) in [5, 5.41) is 7.72. The van der Waals surface area contributed by atoms with Crippen LogP contribution >= 0.6 is 0 Å². The highest BCUT2D eigenvalue weighted by Gasteiger charge is 2.04. The molecule has 0 radical (unpaired) electrons. The van der Waals surface area contributed by atoms with E-state index in [-0.39, 0.29) is 17.9 Å². The maximum atomic E-state index is 10.6. The standard InChI is InChI=1S/C10H10N2O.C10H18O3.C8H14O3.C7H14O2.C7H16O.C6H12O3/c1-7-4-3-5-9(6-7)10-12-11-8(2)13-10;1-3-10(11)13-9-7-5-4-6-8-12-2;1-3-8(9)11-7-5-4-6-10-2;1-3-4-5-6-7(8)9-2;1-3-4-5-6-7-8-2;1-3-4-5-9-6(7)8-2/h3-6H,1-2H3;3H,1,4-9H2,2H3;3H,1,4-7H2,2H3;3-6H2,1-2H3;3-7H2,1-2H3;3-5H2,1-2H3. The van der Waals surface area contributed by atoms with Crippen LogP contribution in [0.1, 0.15) is 135 Å². The summed E-state index contributed by atoms with van der Waals surface area (Å²) >= 11 is 0. The van der Waals surface area contributed by atoms with Crippen molar-refractivity contribution in [2.24, 2.45) is 0 Å². The average Bonchev–Trinajstić information content (AvgIpc) is 3.74. The van der Waals surface area contributed by atoms with Crippen molar-refractivity contribution in [3.05, 3.63) is 61.0 Å². The van der Waals surface area contributed by atoms with Gasteiger partial charge in [-0.2, -0.15) is 0 Å². The SMILES string of the molecule is C=CC(=O)OCCCCCCOC.C=CC(=O)OCCCCOC.CCCCCC(=O)OC.CCCCCCOC.CCCCOC(=O)OC.Cc1cccc(-c2nnc(C)o2)c1. The number of hydrogen-bond donors (Lipinski definition) is 0. The van der Waals surface area contributed by atoms with Gasteiger partial charge in [-0.3, -0.25) is 4.79 Å². The Bertz CT molecular complexity index is 1320. The third-order valence-corrected chi connectivity index (χ3v) is 7.90. The summed E-state index contributed by atoms with van der Waals surface area (Å²) in [6.07, 6.45) is 18.6. The molecule has 364 valence electrons. The zero-order valence-corrected chi connectivity index (χ0v) is 40.6. The summed E-state index contributed by atoms with van der Waals surface area (Å²) < 4.78 is 42.7. The second-order valence-corrected chi connectivity index (χ2v) is 13.6. The molecule has 0 unspecified atom stereocenters. The Labute approximate surface area is 379 Å². The van der Waals surface area contributed by atoms with E-state index in [1.165, 1.54) is 51.5 Å². The van der Waals surface area contributed by atoms with E-state index in [1.807, 2.05) is 38.1 Å². The first-order valence-corrected chi connectivity index (χ1v) is 22.1. The molecule has 0 aliphatic rings. The number of carbonyl (C=O) groups excluding carboxylic acids is 4. The molecule has 1 aromatic heterocycles. The summed E-state index contributed by atoms with van der Waals surface area (Å²) in [5.74, 6) is 0.389. The first-order valence-electron chi connectivity index (χ1n) is 22.1. The van der Waals surface area contributed by atoms with Gasteiger partial charge < -0.3 is 42.3 Å². The van der Waals surface area contributed by atoms with E-state index in [0.717, 1.165) is 95.5 Å². The number of hydrogen-bond acceptors (Lipinski definition) is 15. The minimum atomic E-state index is -0.594. The number of aryl methyl sites for hydroxylation is 2. The normalized spacial score (nSPS) is 9.49. The van der Waals surface area contributed by atoms with E-state index in [9.17, 15) is 19.2 Å². The lowest BCUT2D eigenvalue weighted by atomic mass is 10.1. The Morgan fingerprint density at radius 3 is 1.46 bits per heavy atom. The average molecular weight is 897 g/mol. The summed E-state index contributed by atoms with van der Waals surface area (Å²) in [6.45, 7) is 20.6. The monoisotopic (exact) mass is 897 g/mol. The summed E-state index contributed by atoms with van der Waals surface area (Å²) in [6, 6.07) is 7.99. The Hall–Kier alpha value is -4.60. The van der Waals surface area contributed by atoms with Gasteiger partial charge in [0, 0.05) is 72.2 Å². The summed E-state index contributed by atoms with van der Waals surface area (Å²) in [5.41, 5.74) is 2.16. The maximum absolute atomic E-state index is 10.6. The van der Waals surface area contributed by atoms with Crippen LogP contribution in [0, 0.1) is 13.8 Å². The molecule has 0 aliphatic carbocycles. The maximum Gasteiger partial charge on any atom is 0.507 e. The van der Waals surface area contributed by atoms with Crippen molar-refractivity contribution in [2.45, 2.75) is 137 Å². The van der Waals surface area contributed by atoms with Crippen molar-refractivity contribution < 1.29 is 61.5 Å².